The molecule has 0 saturated heterocycles. The molecule has 2 amide bonds. The Balaban J connectivity index is 2.47. The summed E-state index contributed by atoms with van der Waals surface area (Å²) in [5, 5.41) is 3.61. The highest BCUT2D eigenvalue weighted by Crippen LogP contribution is 2.28. The Hall–Kier alpha value is -1.81. The minimum Gasteiger partial charge on any atom is -0.354 e. The van der Waals surface area contributed by atoms with Crippen molar-refractivity contribution < 1.29 is 18.0 Å². The van der Waals surface area contributed by atoms with Gasteiger partial charge in [-0.15, -0.1) is 0 Å². The fourth-order valence-electron chi connectivity index (χ4n) is 3.37. The Bertz CT molecular complexity index is 1130. The van der Waals surface area contributed by atoms with Crippen LogP contribution in [0.25, 0.3) is 0 Å². The van der Waals surface area contributed by atoms with Crippen molar-refractivity contribution in [1.29, 1.82) is 0 Å². The van der Waals surface area contributed by atoms with Crippen molar-refractivity contribution >= 4 is 66.7 Å². The second kappa shape index (κ2) is 12.8. The fourth-order valence-corrected chi connectivity index (χ4v) is 5.31. The van der Waals surface area contributed by atoms with E-state index in [4.69, 9.17) is 23.2 Å². The maximum Gasteiger partial charge on any atom is 0.244 e. The van der Waals surface area contributed by atoms with Crippen molar-refractivity contribution in [3.63, 3.8) is 0 Å². The van der Waals surface area contributed by atoms with Gasteiger partial charge in [-0.1, -0.05) is 55.2 Å². The lowest BCUT2D eigenvalue weighted by Gasteiger charge is -2.33. The lowest BCUT2D eigenvalue weighted by molar-refractivity contribution is -0.140. The molecule has 0 aliphatic heterocycles. The molecular weight excluding hydrogens is 565 g/mol. The van der Waals surface area contributed by atoms with Crippen LogP contribution in [0.2, 0.25) is 10.0 Å². The van der Waals surface area contributed by atoms with Crippen LogP contribution in [-0.4, -0.2) is 50.5 Å². The Morgan fingerprint density at radius 2 is 1.79 bits per heavy atom. The maximum atomic E-state index is 13.6. The summed E-state index contributed by atoms with van der Waals surface area (Å²) in [6, 6.07) is 10.8. The zero-order chi connectivity index (χ0) is 25.5. The number of anilines is 1. The molecule has 186 valence electrons. The van der Waals surface area contributed by atoms with Gasteiger partial charge in [0.15, 0.2) is 0 Å². The first kappa shape index (κ1) is 28.4. The van der Waals surface area contributed by atoms with Gasteiger partial charge < -0.3 is 10.2 Å². The van der Waals surface area contributed by atoms with Crippen LogP contribution in [0.3, 0.4) is 0 Å². The van der Waals surface area contributed by atoms with Crippen molar-refractivity contribution in [3.05, 3.63) is 62.5 Å². The molecule has 11 heteroatoms. The Kier molecular flexibility index (Phi) is 10.7. The molecule has 0 saturated carbocycles. The number of benzene rings is 2. The summed E-state index contributed by atoms with van der Waals surface area (Å²) in [5.41, 5.74) is 0.916. The van der Waals surface area contributed by atoms with Gasteiger partial charge >= 0.3 is 0 Å². The molecule has 0 aromatic heterocycles. The Morgan fingerprint density at radius 1 is 1.12 bits per heavy atom. The van der Waals surface area contributed by atoms with Crippen molar-refractivity contribution in [2.24, 2.45) is 0 Å². The molecule has 1 N–H and O–H groups in total. The van der Waals surface area contributed by atoms with Crippen molar-refractivity contribution in [2.75, 3.05) is 23.7 Å². The van der Waals surface area contributed by atoms with E-state index in [0.717, 1.165) is 17.0 Å². The number of amides is 2. The van der Waals surface area contributed by atoms with Gasteiger partial charge in [0, 0.05) is 27.6 Å². The number of sulfonamides is 1. The zero-order valence-electron chi connectivity index (χ0n) is 19.2. The van der Waals surface area contributed by atoms with E-state index in [1.54, 1.807) is 49.4 Å². The predicted molar refractivity (Wildman–Crippen MR) is 141 cm³/mol. The highest BCUT2D eigenvalue weighted by atomic mass is 79.9. The van der Waals surface area contributed by atoms with Gasteiger partial charge in [0.25, 0.3) is 0 Å². The topological polar surface area (TPSA) is 86.8 Å². The van der Waals surface area contributed by atoms with E-state index in [-0.39, 0.29) is 12.5 Å². The molecule has 7 nitrogen and oxygen atoms in total. The second-order valence-corrected chi connectivity index (χ2v) is 11.3. The number of carbonyl (C=O) groups is 2. The van der Waals surface area contributed by atoms with E-state index in [9.17, 15) is 18.0 Å². The predicted octanol–water partition coefficient (Wildman–Crippen LogP) is 4.86. The highest BCUT2D eigenvalue weighted by molar-refractivity contribution is 9.10. The third-order valence-corrected chi connectivity index (χ3v) is 7.48. The molecule has 2 aromatic carbocycles. The normalized spacial score (nSPS) is 12.2. The first-order chi connectivity index (χ1) is 16.0. The van der Waals surface area contributed by atoms with E-state index in [1.165, 1.54) is 4.90 Å². The monoisotopic (exact) mass is 591 g/mol. The summed E-state index contributed by atoms with van der Waals surface area (Å²) in [5.74, 6) is -0.847. The van der Waals surface area contributed by atoms with E-state index in [0.29, 0.717) is 38.7 Å². The molecule has 0 bridgehead atoms. The molecule has 34 heavy (non-hydrogen) atoms. The number of hydrogen-bond acceptors (Lipinski definition) is 4. The molecule has 0 aliphatic rings. The molecule has 0 spiro atoms. The number of carbonyl (C=O) groups excluding carboxylic acids is 2. The molecule has 0 fully saturated rings. The minimum absolute atomic E-state index is 0.0143. The summed E-state index contributed by atoms with van der Waals surface area (Å²) >= 11 is 15.7. The largest absolute Gasteiger partial charge is 0.354 e. The quantitative estimate of drug-likeness (QED) is 0.404. The second-order valence-electron chi connectivity index (χ2n) is 7.69. The van der Waals surface area contributed by atoms with Gasteiger partial charge in [0.05, 0.1) is 11.9 Å². The summed E-state index contributed by atoms with van der Waals surface area (Å²) in [7, 11) is -3.81. The van der Waals surface area contributed by atoms with E-state index >= 15 is 0 Å². The average molecular weight is 593 g/mol. The van der Waals surface area contributed by atoms with Crippen LogP contribution in [0.15, 0.2) is 46.9 Å². The van der Waals surface area contributed by atoms with Crippen LogP contribution in [-0.2, 0) is 26.2 Å². The van der Waals surface area contributed by atoms with Gasteiger partial charge in [0.1, 0.15) is 12.6 Å². The molecule has 0 radical (unpaired) electrons. The van der Waals surface area contributed by atoms with Gasteiger partial charge in [0.2, 0.25) is 21.8 Å². The van der Waals surface area contributed by atoms with Crippen LogP contribution in [0.1, 0.15) is 32.3 Å². The first-order valence-electron chi connectivity index (χ1n) is 10.7. The molecule has 0 unspecified atom stereocenters. The van der Waals surface area contributed by atoms with Crippen LogP contribution >= 0.6 is 39.1 Å². The van der Waals surface area contributed by atoms with Crippen molar-refractivity contribution in [1.82, 2.24) is 10.2 Å². The molecule has 0 heterocycles. The third-order valence-electron chi connectivity index (χ3n) is 5.09. The standard InChI is InChI=1S/C23H28BrCl2N3O4S/c1-4-12-27-23(31)20(5-2)28(14-16-10-11-17(25)13-19(16)26)22(30)15-29(34(3,32)33)21-9-7-6-8-18(21)24/h6-11,13,20H,4-5,12,14-15H2,1-3H3,(H,27,31)/t20-/m1/s1. The van der Waals surface area contributed by atoms with E-state index in [2.05, 4.69) is 21.2 Å². The van der Waals surface area contributed by atoms with Crippen LogP contribution in [0.4, 0.5) is 5.69 Å². The van der Waals surface area contributed by atoms with Crippen LogP contribution in [0, 0.1) is 0 Å². The number of rotatable bonds is 11. The lowest BCUT2D eigenvalue weighted by Crippen LogP contribution is -2.52. The number of nitrogens with one attached hydrogen (secondary N) is 1. The number of hydrogen-bond donors (Lipinski definition) is 1. The summed E-state index contributed by atoms with van der Waals surface area (Å²) in [4.78, 5) is 27.9. The summed E-state index contributed by atoms with van der Waals surface area (Å²) in [6.07, 6.45) is 2.11. The van der Waals surface area contributed by atoms with Crippen molar-refractivity contribution in [2.45, 2.75) is 39.3 Å². The molecule has 2 rings (SSSR count). The van der Waals surface area contributed by atoms with E-state index < -0.39 is 28.5 Å². The van der Waals surface area contributed by atoms with E-state index in [1.807, 2.05) is 6.92 Å². The van der Waals surface area contributed by atoms with Crippen LogP contribution in [0.5, 0.6) is 0 Å². The molecule has 0 aliphatic carbocycles. The van der Waals surface area contributed by atoms with Gasteiger partial charge in [-0.25, -0.2) is 8.42 Å². The molecule has 2 aromatic rings. The van der Waals surface area contributed by atoms with Gasteiger partial charge in [-0.05, 0) is 58.6 Å². The highest BCUT2D eigenvalue weighted by Gasteiger charge is 2.32. The number of halogens is 3. The van der Waals surface area contributed by atoms with Crippen LogP contribution < -0.4 is 9.62 Å². The average Bonchev–Trinajstić information content (AvgIpc) is 2.77. The Labute approximate surface area is 219 Å². The fraction of sp³-hybridized carbons (Fsp3) is 0.391. The SMILES string of the molecule is CCCNC(=O)[C@@H](CC)N(Cc1ccc(Cl)cc1Cl)C(=O)CN(c1ccccc1Br)S(C)(=O)=O. The first-order valence-corrected chi connectivity index (χ1v) is 14.1. The third kappa shape index (κ3) is 7.60. The summed E-state index contributed by atoms with van der Waals surface area (Å²) < 4.78 is 26.8. The smallest absolute Gasteiger partial charge is 0.244 e. The molecule has 1 atom stereocenters. The number of para-hydroxylation sites is 1. The van der Waals surface area contributed by atoms with Gasteiger partial charge in [-0.2, -0.15) is 0 Å². The van der Waals surface area contributed by atoms with Crippen molar-refractivity contribution in [3.8, 4) is 0 Å². The minimum atomic E-state index is -3.81. The zero-order valence-corrected chi connectivity index (χ0v) is 23.1. The number of nitrogens with zero attached hydrogens (tertiary/aromatic N) is 2. The maximum absolute atomic E-state index is 13.6. The van der Waals surface area contributed by atoms with Gasteiger partial charge in [-0.3, -0.25) is 13.9 Å². The lowest BCUT2D eigenvalue weighted by atomic mass is 10.1. The molecular formula is C23H28BrCl2N3O4S. The summed E-state index contributed by atoms with van der Waals surface area (Å²) in [6.45, 7) is 3.72. The Morgan fingerprint density at radius 3 is 2.35 bits per heavy atom.